The van der Waals surface area contributed by atoms with Crippen LogP contribution in [0.5, 0.6) is 0 Å². The fourth-order valence-corrected chi connectivity index (χ4v) is 2.84. The highest BCUT2D eigenvalue weighted by molar-refractivity contribution is 6.35. The number of nitrogens with zero attached hydrogens (tertiary/aromatic N) is 5. The van der Waals surface area contributed by atoms with Crippen LogP contribution in [0.2, 0.25) is 5.02 Å². The van der Waals surface area contributed by atoms with E-state index in [1.165, 1.54) is 6.33 Å². The number of rotatable bonds is 4. The average Bonchev–Trinajstić information content (AvgIpc) is 3.02. The molecule has 0 spiro atoms. The van der Waals surface area contributed by atoms with Crippen LogP contribution in [0.3, 0.4) is 0 Å². The lowest BCUT2D eigenvalue weighted by molar-refractivity contribution is -0.120. The van der Waals surface area contributed by atoms with Gasteiger partial charge in [-0.3, -0.25) is 9.69 Å². The van der Waals surface area contributed by atoms with Crippen LogP contribution in [0, 0.1) is 0 Å². The van der Waals surface area contributed by atoms with E-state index >= 15 is 0 Å². The highest BCUT2D eigenvalue weighted by Gasteiger charge is 2.31. The zero-order chi connectivity index (χ0) is 16.4. The van der Waals surface area contributed by atoms with Crippen molar-refractivity contribution in [1.82, 2.24) is 19.7 Å². The first-order valence-electron chi connectivity index (χ1n) is 7.47. The number of carbonyl (C=O) groups is 1. The summed E-state index contributed by atoms with van der Waals surface area (Å²) in [4.78, 5) is 22.4. The van der Waals surface area contributed by atoms with Crippen molar-refractivity contribution in [2.75, 3.05) is 22.5 Å². The molecule has 1 atom stereocenters. The molecule has 0 saturated carbocycles. The van der Waals surface area contributed by atoms with E-state index in [1.807, 2.05) is 13.0 Å². The second-order valence-corrected chi connectivity index (χ2v) is 5.63. The van der Waals surface area contributed by atoms with E-state index in [-0.39, 0.29) is 16.7 Å². The molecule has 0 bridgehead atoms. The molecule has 1 fully saturated rings. The largest absolute Gasteiger partial charge is 0.382 e. The third-order valence-electron chi connectivity index (χ3n) is 3.84. The number of hydrogen-bond acceptors (Lipinski definition) is 6. The Bertz CT molecular complexity index is 717. The second kappa shape index (κ2) is 6.41. The number of hydrogen-bond donors (Lipinski definition) is 2. The Morgan fingerprint density at radius 1 is 1.48 bits per heavy atom. The van der Waals surface area contributed by atoms with Gasteiger partial charge in [0.25, 0.3) is 5.91 Å². The van der Waals surface area contributed by atoms with Crippen LogP contribution in [0.15, 0.2) is 18.6 Å². The van der Waals surface area contributed by atoms with Crippen molar-refractivity contribution in [3.05, 3.63) is 23.6 Å². The molecule has 1 amide bonds. The number of carbonyl (C=O) groups excluding carboxylic acids is 1. The van der Waals surface area contributed by atoms with Gasteiger partial charge in [0, 0.05) is 19.2 Å². The Kier molecular flexibility index (Phi) is 4.33. The summed E-state index contributed by atoms with van der Waals surface area (Å²) < 4.78 is 1.80. The predicted molar refractivity (Wildman–Crippen MR) is 88.4 cm³/mol. The third kappa shape index (κ3) is 2.94. The second-order valence-electron chi connectivity index (χ2n) is 5.26. The Morgan fingerprint density at radius 2 is 2.30 bits per heavy atom. The standard InChI is InChI=1S/C14H18ClN7O/c1-2-22-10(5-6-19-22)21-7-3-4-9(14(21)23)20-13-11(15)12(16)17-8-18-13/h5-6,8-9H,2-4,7H2,1H3,(H3,16,17,18,20)/t9-/m1/s1. The van der Waals surface area contributed by atoms with Crippen LogP contribution in [-0.2, 0) is 11.3 Å². The topological polar surface area (TPSA) is 102 Å². The highest BCUT2D eigenvalue weighted by atomic mass is 35.5. The smallest absolute Gasteiger partial charge is 0.250 e. The zero-order valence-electron chi connectivity index (χ0n) is 12.7. The summed E-state index contributed by atoms with van der Waals surface area (Å²) >= 11 is 6.09. The van der Waals surface area contributed by atoms with Crippen molar-refractivity contribution in [2.24, 2.45) is 0 Å². The number of amides is 1. The molecule has 0 radical (unpaired) electrons. The normalized spacial score (nSPS) is 18.3. The molecular formula is C14H18ClN7O. The van der Waals surface area contributed by atoms with Crippen LogP contribution in [0.4, 0.5) is 17.5 Å². The van der Waals surface area contributed by atoms with Gasteiger partial charge in [0.1, 0.15) is 29.0 Å². The summed E-state index contributed by atoms with van der Waals surface area (Å²) in [6.45, 7) is 3.37. The monoisotopic (exact) mass is 335 g/mol. The van der Waals surface area contributed by atoms with Gasteiger partial charge in [-0.05, 0) is 19.8 Å². The Hall–Kier alpha value is -2.35. The first-order valence-corrected chi connectivity index (χ1v) is 7.85. The Labute approximate surface area is 138 Å². The van der Waals surface area contributed by atoms with E-state index < -0.39 is 6.04 Å². The van der Waals surface area contributed by atoms with Crippen molar-refractivity contribution in [2.45, 2.75) is 32.4 Å². The van der Waals surface area contributed by atoms with Gasteiger partial charge in [-0.2, -0.15) is 5.10 Å². The van der Waals surface area contributed by atoms with Crippen LogP contribution < -0.4 is 16.0 Å². The lowest BCUT2D eigenvalue weighted by Gasteiger charge is -2.32. The molecule has 3 N–H and O–H groups in total. The number of halogens is 1. The predicted octanol–water partition coefficient (Wildman–Crippen LogP) is 1.54. The SMILES string of the molecule is CCn1nccc1N1CCC[C@@H](Nc2ncnc(N)c2Cl)C1=O. The lowest BCUT2D eigenvalue weighted by atomic mass is 10.0. The van der Waals surface area contributed by atoms with Crippen molar-refractivity contribution in [3.8, 4) is 0 Å². The van der Waals surface area contributed by atoms with E-state index in [9.17, 15) is 4.79 Å². The van der Waals surface area contributed by atoms with Crippen molar-refractivity contribution < 1.29 is 4.79 Å². The average molecular weight is 336 g/mol. The summed E-state index contributed by atoms with van der Waals surface area (Å²) in [5.74, 6) is 1.34. The summed E-state index contributed by atoms with van der Waals surface area (Å²) in [6.07, 6.45) is 4.60. The van der Waals surface area contributed by atoms with Crippen LogP contribution >= 0.6 is 11.6 Å². The maximum Gasteiger partial charge on any atom is 0.250 e. The maximum atomic E-state index is 12.8. The molecule has 0 unspecified atom stereocenters. The van der Waals surface area contributed by atoms with Crippen LogP contribution in [-0.4, -0.2) is 38.2 Å². The summed E-state index contributed by atoms with van der Waals surface area (Å²) in [6, 6.07) is 1.44. The van der Waals surface area contributed by atoms with Gasteiger partial charge >= 0.3 is 0 Å². The Balaban J connectivity index is 1.81. The molecule has 1 aliphatic heterocycles. The van der Waals surface area contributed by atoms with E-state index in [0.717, 1.165) is 12.2 Å². The molecule has 3 heterocycles. The van der Waals surface area contributed by atoms with Gasteiger partial charge in [-0.1, -0.05) is 11.6 Å². The van der Waals surface area contributed by atoms with Gasteiger partial charge in [-0.25, -0.2) is 14.6 Å². The molecule has 1 aliphatic rings. The molecule has 2 aromatic rings. The van der Waals surface area contributed by atoms with E-state index in [2.05, 4.69) is 20.4 Å². The molecular weight excluding hydrogens is 318 g/mol. The Morgan fingerprint density at radius 3 is 3.09 bits per heavy atom. The minimum absolute atomic E-state index is 0.0281. The molecule has 23 heavy (non-hydrogen) atoms. The van der Waals surface area contributed by atoms with E-state index in [0.29, 0.717) is 25.3 Å². The molecule has 9 heteroatoms. The van der Waals surface area contributed by atoms with Crippen molar-refractivity contribution in [1.29, 1.82) is 0 Å². The number of nitrogens with one attached hydrogen (secondary N) is 1. The molecule has 1 saturated heterocycles. The van der Waals surface area contributed by atoms with Gasteiger partial charge in [0.15, 0.2) is 5.82 Å². The van der Waals surface area contributed by atoms with Gasteiger partial charge in [0.05, 0.1) is 6.20 Å². The van der Waals surface area contributed by atoms with Crippen LogP contribution in [0.1, 0.15) is 19.8 Å². The van der Waals surface area contributed by atoms with E-state index in [1.54, 1.807) is 15.8 Å². The van der Waals surface area contributed by atoms with Crippen molar-refractivity contribution >= 4 is 35.0 Å². The lowest BCUT2D eigenvalue weighted by Crippen LogP contribution is -2.48. The zero-order valence-corrected chi connectivity index (χ0v) is 13.5. The molecule has 122 valence electrons. The molecule has 8 nitrogen and oxygen atoms in total. The molecule has 3 rings (SSSR count). The van der Waals surface area contributed by atoms with Crippen molar-refractivity contribution in [3.63, 3.8) is 0 Å². The number of anilines is 3. The quantitative estimate of drug-likeness (QED) is 0.878. The highest BCUT2D eigenvalue weighted by Crippen LogP contribution is 2.27. The number of nitrogens with two attached hydrogens (primary N) is 1. The fourth-order valence-electron chi connectivity index (χ4n) is 2.68. The van der Waals surface area contributed by atoms with Gasteiger partial charge < -0.3 is 11.1 Å². The number of nitrogen functional groups attached to an aromatic ring is 1. The summed E-state index contributed by atoms with van der Waals surface area (Å²) in [5, 5.41) is 7.54. The van der Waals surface area contributed by atoms with Gasteiger partial charge in [0.2, 0.25) is 0 Å². The molecule has 2 aromatic heterocycles. The molecule has 0 aromatic carbocycles. The number of piperidine rings is 1. The minimum Gasteiger partial charge on any atom is -0.382 e. The summed E-state index contributed by atoms with van der Waals surface area (Å²) in [7, 11) is 0. The first-order chi connectivity index (χ1) is 11.1. The maximum absolute atomic E-state index is 12.8. The first kappa shape index (κ1) is 15.5. The fraction of sp³-hybridized carbons (Fsp3) is 0.429. The number of aromatic nitrogens is 4. The number of aryl methyl sites for hydroxylation is 1. The third-order valence-corrected chi connectivity index (χ3v) is 4.21. The summed E-state index contributed by atoms with van der Waals surface area (Å²) in [5.41, 5.74) is 5.67. The van der Waals surface area contributed by atoms with E-state index in [4.69, 9.17) is 17.3 Å². The van der Waals surface area contributed by atoms with Crippen LogP contribution in [0.25, 0.3) is 0 Å². The minimum atomic E-state index is -0.407. The molecule has 0 aliphatic carbocycles. The van der Waals surface area contributed by atoms with Gasteiger partial charge in [-0.15, -0.1) is 0 Å².